The SMILES string of the molecule is NNC(=O)c1cc2ccccc2c(Br)c1NC(=O)Cc1cc(C(F)(F)F)nn1-c1ncccc1Cl. The van der Waals surface area contributed by atoms with E-state index < -0.39 is 30.1 Å². The predicted molar refractivity (Wildman–Crippen MR) is 127 cm³/mol. The van der Waals surface area contributed by atoms with Crippen molar-refractivity contribution < 1.29 is 22.8 Å². The van der Waals surface area contributed by atoms with E-state index in [9.17, 15) is 22.8 Å². The van der Waals surface area contributed by atoms with E-state index in [1.165, 1.54) is 24.4 Å². The maximum Gasteiger partial charge on any atom is 0.435 e. The van der Waals surface area contributed by atoms with Crippen molar-refractivity contribution in [3.63, 3.8) is 0 Å². The number of halogens is 5. The second kappa shape index (κ2) is 9.64. The lowest BCUT2D eigenvalue weighted by Crippen LogP contribution is -2.31. The number of aromatic nitrogens is 3. The van der Waals surface area contributed by atoms with Crippen molar-refractivity contribution in [1.82, 2.24) is 20.2 Å². The summed E-state index contributed by atoms with van der Waals surface area (Å²) < 4.78 is 41.4. The van der Waals surface area contributed by atoms with Crippen LogP contribution in [0.2, 0.25) is 5.02 Å². The molecule has 35 heavy (non-hydrogen) atoms. The summed E-state index contributed by atoms with van der Waals surface area (Å²) in [5, 5.41) is 7.61. The Labute approximate surface area is 209 Å². The van der Waals surface area contributed by atoms with Crippen LogP contribution in [-0.2, 0) is 17.4 Å². The van der Waals surface area contributed by atoms with Crippen LogP contribution in [0.5, 0.6) is 0 Å². The van der Waals surface area contributed by atoms with Gasteiger partial charge in [-0.3, -0.25) is 15.0 Å². The molecule has 2 aromatic carbocycles. The van der Waals surface area contributed by atoms with E-state index >= 15 is 0 Å². The summed E-state index contributed by atoms with van der Waals surface area (Å²) in [6.07, 6.45) is -3.95. The molecule has 8 nitrogen and oxygen atoms in total. The van der Waals surface area contributed by atoms with Crippen molar-refractivity contribution in [2.24, 2.45) is 5.84 Å². The summed E-state index contributed by atoms with van der Waals surface area (Å²) in [5.74, 6) is 3.85. The minimum atomic E-state index is -4.76. The average molecular weight is 568 g/mol. The third-order valence-corrected chi connectivity index (χ3v) is 6.10. The van der Waals surface area contributed by atoms with E-state index in [2.05, 4.69) is 31.3 Å². The van der Waals surface area contributed by atoms with Gasteiger partial charge in [-0.25, -0.2) is 15.5 Å². The molecule has 0 spiro atoms. The topological polar surface area (TPSA) is 115 Å². The molecule has 0 unspecified atom stereocenters. The Hall–Kier alpha value is -3.48. The van der Waals surface area contributed by atoms with E-state index in [1.54, 1.807) is 24.3 Å². The first-order chi connectivity index (χ1) is 16.6. The molecule has 180 valence electrons. The lowest BCUT2D eigenvalue weighted by molar-refractivity contribution is -0.141. The van der Waals surface area contributed by atoms with Crippen LogP contribution in [0.15, 0.2) is 59.2 Å². The van der Waals surface area contributed by atoms with Crippen molar-refractivity contribution in [2.45, 2.75) is 12.6 Å². The number of fused-ring (bicyclic) bond motifs is 1. The standard InChI is InChI=1S/C22H15BrClF3N6O2/c23-18-13-5-2-1-4-11(13)8-14(21(35)31-28)19(18)30-17(34)10-12-9-16(22(25,26)27)32-33(12)20-15(24)6-3-7-29-20/h1-9H,10,28H2,(H,30,34)(H,31,35). The first-order valence-corrected chi connectivity index (χ1v) is 11.1. The highest BCUT2D eigenvalue weighted by molar-refractivity contribution is 9.10. The monoisotopic (exact) mass is 566 g/mol. The number of hydrogen-bond acceptors (Lipinski definition) is 5. The van der Waals surface area contributed by atoms with Crippen LogP contribution in [-0.4, -0.2) is 26.6 Å². The third kappa shape index (κ3) is 4.99. The Balaban J connectivity index is 1.74. The van der Waals surface area contributed by atoms with E-state index in [4.69, 9.17) is 17.4 Å². The smallest absolute Gasteiger partial charge is 0.324 e. The maximum atomic E-state index is 13.4. The Morgan fingerprint density at radius 2 is 1.89 bits per heavy atom. The van der Waals surface area contributed by atoms with Crippen LogP contribution in [0.4, 0.5) is 18.9 Å². The summed E-state index contributed by atoms with van der Waals surface area (Å²) >= 11 is 9.51. The van der Waals surface area contributed by atoms with E-state index in [-0.39, 0.29) is 27.8 Å². The van der Waals surface area contributed by atoms with Gasteiger partial charge in [-0.15, -0.1) is 0 Å². The molecule has 0 atom stereocenters. The van der Waals surface area contributed by atoms with Gasteiger partial charge in [0.15, 0.2) is 11.5 Å². The fourth-order valence-electron chi connectivity index (χ4n) is 3.43. The summed E-state index contributed by atoms with van der Waals surface area (Å²) in [6.45, 7) is 0. The van der Waals surface area contributed by atoms with Crippen molar-refractivity contribution in [1.29, 1.82) is 0 Å². The van der Waals surface area contributed by atoms with Crippen LogP contribution in [0.1, 0.15) is 21.7 Å². The van der Waals surface area contributed by atoms with Gasteiger partial charge in [0, 0.05) is 10.7 Å². The molecule has 0 bridgehead atoms. The van der Waals surface area contributed by atoms with Gasteiger partial charge in [-0.1, -0.05) is 35.9 Å². The molecule has 0 aliphatic heterocycles. The fraction of sp³-hybridized carbons (Fsp3) is 0.0909. The highest BCUT2D eigenvalue weighted by atomic mass is 79.9. The minimum Gasteiger partial charge on any atom is -0.324 e. The molecule has 0 aliphatic rings. The first-order valence-electron chi connectivity index (χ1n) is 9.89. The molecule has 2 aromatic heterocycles. The van der Waals surface area contributed by atoms with Crippen molar-refractivity contribution >= 4 is 55.8 Å². The zero-order chi connectivity index (χ0) is 25.3. The molecule has 0 radical (unpaired) electrons. The van der Waals surface area contributed by atoms with Crippen molar-refractivity contribution in [3.05, 3.63) is 81.2 Å². The van der Waals surface area contributed by atoms with Gasteiger partial charge in [-0.2, -0.15) is 18.3 Å². The minimum absolute atomic E-state index is 0.0464. The lowest BCUT2D eigenvalue weighted by Gasteiger charge is -2.15. The number of carbonyl (C=O) groups is 2. The normalized spacial score (nSPS) is 11.5. The number of nitrogens with two attached hydrogens (primary N) is 1. The van der Waals surface area contributed by atoms with Gasteiger partial charge in [0.25, 0.3) is 5.91 Å². The molecule has 0 saturated heterocycles. The van der Waals surface area contributed by atoms with Gasteiger partial charge in [0.1, 0.15) is 0 Å². The highest BCUT2D eigenvalue weighted by Crippen LogP contribution is 2.35. The Morgan fingerprint density at radius 1 is 1.14 bits per heavy atom. The van der Waals surface area contributed by atoms with Crippen LogP contribution in [0.25, 0.3) is 16.6 Å². The number of rotatable bonds is 5. The van der Waals surface area contributed by atoms with Gasteiger partial charge < -0.3 is 5.32 Å². The van der Waals surface area contributed by atoms with Crippen LogP contribution < -0.4 is 16.6 Å². The summed E-state index contributed by atoms with van der Waals surface area (Å²) in [4.78, 5) is 29.4. The molecule has 2 heterocycles. The number of hydrazine groups is 1. The number of alkyl halides is 3. The quantitative estimate of drug-likeness (QED) is 0.185. The molecule has 0 aliphatic carbocycles. The molecular weight excluding hydrogens is 553 g/mol. The van der Waals surface area contributed by atoms with E-state index in [0.29, 0.717) is 15.2 Å². The number of anilines is 1. The van der Waals surface area contributed by atoms with Gasteiger partial charge in [0.05, 0.1) is 28.4 Å². The molecule has 4 aromatic rings. The fourth-order valence-corrected chi connectivity index (χ4v) is 4.31. The van der Waals surface area contributed by atoms with Gasteiger partial charge in [0.2, 0.25) is 5.91 Å². The number of carbonyl (C=O) groups excluding carboxylic acids is 2. The third-order valence-electron chi connectivity index (χ3n) is 4.98. The van der Waals surface area contributed by atoms with Crippen molar-refractivity contribution in [3.8, 4) is 5.82 Å². The first kappa shape index (κ1) is 24.6. The number of benzene rings is 2. The largest absolute Gasteiger partial charge is 0.435 e. The number of nitrogens with one attached hydrogen (secondary N) is 2. The summed E-state index contributed by atoms with van der Waals surface area (Å²) in [6, 6.07) is 12.3. The maximum absolute atomic E-state index is 13.4. The van der Waals surface area contributed by atoms with Crippen LogP contribution in [0.3, 0.4) is 0 Å². The molecule has 0 saturated carbocycles. The lowest BCUT2D eigenvalue weighted by atomic mass is 10.0. The Morgan fingerprint density at radius 3 is 2.57 bits per heavy atom. The molecular formula is C22H15BrClF3N6O2. The van der Waals surface area contributed by atoms with E-state index in [1.807, 2.05) is 5.43 Å². The zero-order valence-corrected chi connectivity index (χ0v) is 19.9. The number of nitrogen functional groups attached to an aromatic ring is 1. The molecule has 4 rings (SSSR count). The van der Waals surface area contributed by atoms with Crippen molar-refractivity contribution in [2.75, 3.05) is 5.32 Å². The summed E-state index contributed by atoms with van der Waals surface area (Å²) in [7, 11) is 0. The zero-order valence-electron chi connectivity index (χ0n) is 17.5. The molecule has 2 amide bonds. The van der Waals surface area contributed by atoms with Gasteiger partial charge >= 0.3 is 6.18 Å². The van der Waals surface area contributed by atoms with E-state index in [0.717, 1.165) is 10.7 Å². The number of hydrogen-bond donors (Lipinski definition) is 3. The second-order valence-electron chi connectivity index (χ2n) is 7.27. The molecule has 13 heteroatoms. The highest BCUT2D eigenvalue weighted by Gasteiger charge is 2.35. The average Bonchev–Trinajstić information content (AvgIpc) is 3.24. The number of amides is 2. The molecule has 4 N–H and O–H groups in total. The number of nitrogens with zero attached hydrogens (tertiary/aromatic N) is 3. The number of pyridine rings is 1. The second-order valence-corrected chi connectivity index (χ2v) is 8.47. The predicted octanol–water partition coefficient (Wildman–Crippen LogP) is 4.64. The van der Waals surface area contributed by atoms with Crippen LogP contribution in [0, 0.1) is 0 Å². The van der Waals surface area contributed by atoms with Gasteiger partial charge in [-0.05, 0) is 51.0 Å². The molecule has 0 fully saturated rings. The summed E-state index contributed by atoms with van der Waals surface area (Å²) in [5.41, 5.74) is 0.861. The Kier molecular flexibility index (Phi) is 6.79. The van der Waals surface area contributed by atoms with Crippen LogP contribution >= 0.6 is 27.5 Å². The Bertz CT molecular complexity index is 1460.